The van der Waals surface area contributed by atoms with Crippen molar-refractivity contribution in [3.63, 3.8) is 0 Å². The lowest BCUT2D eigenvalue weighted by molar-refractivity contribution is 0.591. The van der Waals surface area contributed by atoms with Crippen molar-refractivity contribution in [2.24, 2.45) is 0 Å². The molecule has 0 spiro atoms. The molecule has 133 heavy (non-hydrogen) atoms. The highest BCUT2D eigenvalue weighted by Crippen LogP contribution is 2.48. The van der Waals surface area contributed by atoms with Crippen molar-refractivity contribution in [3.8, 4) is 44.5 Å². The molecule has 0 N–H and O–H groups in total. The van der Waals surface area contributed by atoms with Crippen LogP contribution in [0.25, 0.3) is 170 Å². The number of aromatic nitrogens is 6. The molecule has 0 aliphatic rings. The van der Waals surface area contributed by atoms with E-state index in [0.29, 0.717) is 0 Å². The summed E-state index contributed by atoms with van der Waals surface area (Å²) >= 11 is 0. The number of pyridine rings is 3. The first kappa shape index (κ1) is 80.1. The molecule has 0 radical (unpaired) electrons. The van der Waals surface area contributed by atoms with Gasteiger partial charge in [-0.3, -0.25) is 13.2 Å². The van der Waals surface area contributed by atoms with Crippen molar-refractivity contribution in [3.05, 3.63) is 491 Å². The Hall–Kier alpha value is -16.2. The SMILES string of the molecule is O=P(c1ccccc1)(c1ccccc1)c1ccc(-c2ccc(-c3ccc4c5ccccc5n5c6ccccc6nc5c4c3)cc2)cc1.O=P(c1ccccc1)(c1ccccc1)c1ccc(-c2ccc3c4ccccc4n4c5ccccc5nc4c3c2)cc1.O=P(c1ccccc1)(c1ccccc1)c1ccc2cc(-c3ccc4c5ccccc5n5c6ccccc6nc5c4c3)ccc2c1. The van der Waals surface area contributed by atoms with Gasteiger partial charge < -0.3 is 13.7 Å². The third-order valence-corrected chi connectivity index (χ3v) is 35.6. The number of imidazole rings is 3. The van der Waals surface area contributed by atoms with Crippen LogP contribution in [0.15, 0.2) is 491 Å². The molecule has 0 atom stereocenters. The van der Waals surface area contributed by atoms with E-state index in [4.69, 9.17) is 15.0 Å². The molecule has 0 bridgehead atoms. The summed E-state index contributed by atoms with van der Waals surface area (Å²) in [6, 6.07) is 168. The summed E-state index contributed by atoms with van der Waals surface area (Å²) in [6.45, 7) is 0. The van der Waals surface area contributed by atoms with E-state index < -0.39 is 21.4 Å². The summed E-state index contributed by atoms with van der Waals surface area (Å²) in [7, 11) is -9.07. The van der Waals surface area contributed by atoms with Crippen LogP contribution in [-0.4, -0.2) is 28.2 Å². The molecule has 12 heteroatoms. The van der Waals surface area contributed by atoms with E-state index in [-0.39, 0.29) is 0 Å². The highest BCUT2D eigenvalue weighted by Gasteiger charge is 2.33. The van der Waals surface area contributed by atoms with Gasteiger partial charge in [-0.15, -0.1) is 0 Å². The van der Waals surface area contributed by atoms with Gasteiger partial charge in [0.25, 0.3) is 0 Å². The van der Waals surface area contributed by atoms with Crippen LogP contribution in [0, 0.1) is 0 Å². The minimum absolute atomic E-state index is 0.826. The molecule has 0 fully saturated rings. The average Bonchev–Trinajstić information content (AvgIpc) is 1.59. The summed E-state index contributed by atoms with van der Waals surface area (Å²) in [5.41, 5.74) is 21.6. The Kier molecular flexibility index (Phi) is 19.9. The maximum atomic E-state index is 14.9. The number of fused-ring (bicyclic) bond motifs is 25. The highest BCUT2D eigenvalue weighted by atomic mass is 31.2. The first-order valence-corrected chi connectivity index (χ1v) is 49.9. The van der Waals surface area contributed by atoms with Crippen molar-refractivity contribution in [2.75, 3.05) is 0 Å². The van der Waals surface area contributed by atoms with Crippen LogP contribution in [0.5, 0.6) is 0 Å². The summed E-state index contributed by atoms with van der Waals surface area (Å²) in [4.78, 5) is 15.3. The fourth-order valence-corrected chi connectivity index (χ4v) is 27.8. The number of nitrogens with zero attached hydrogens (tertiary/aromatic N) is 6. The number of para-hydroxylation sites is 9. The Balaban J connectivity index is 0.000000110. The lowest BCUT2D eigenvalue weighted by Gasteiger charge is -2.20. The maximum Gasteiger partial charge on any atom is 0.171 e. The predicted molar refractivity (Wildman–Crippen MR) is 561 cm³/mol. The zero-order valence-corrected chi connectivity index (χ0v) is 74.7. The van der Waals surface area contributed by atoms with E-state index in [1.54, 1.807) is 0 Å². The van der Waals surface area contributed by atoms with E-state index >= 15 is 0 Å². The van der Waals surface area contributed by atoms with Gasteiger partial charge in [0.15, 0.2) is 21.4 Å². The molecule has 6 aromatic heterocycles. The van der Waals surface area contributed by atoms with Crippen LogP contribution in [0.4, 0.5) is 0 Å². The molecule has 0 aliphatic carbocycles. The summed E-state index contributed by atoms with van der Waals surface area (Å²) in [5, 5.41) is 20.3. The molecule has 0 unspecified atom stereocenters. The topological polar surface area (TPSA) is 103 Å². The van der Waals surface area contributed by atoms with Crippen LogP contribution < -0.4 is 47.7 Å². The van der Waals surface area contributed by atoms with Crippen molar-refractivity contribution in [1.29, 1.82) is 0 Å². The van der Waals surface area contributed by atoms with Gasteiger partial charge in [0.2, 0.25) is 0 Å². The Morgan fingerprint density at radius 2 is 0.361 bits per heavy atom. The number of rotatable bonds is 13. The van der Waals surface area contributed by atoms with Gasteiger partial charge in [-0.05, 0) is 156 Å². The first-order valence-electron chi connectivity index (χ1n) is 44.7. The maximum absolute atomic E-state index is 14.9. The van der Waals surface area contributed by atoms with Gasteiger partial charge in [0.1, 0.15) is 16.9 Å². The lowest BCUT2D eigenvalue weighted by atomic mass is 9.97. The molecule has 9 nitrogen and oxygen atoms in total. The molecule has 0 saturated heterocycles. The van der Waals surface area contributed by atoms with Crippen molar-refractivity contribution in [1.82, 2.24) is 28.2 Å². The van der Waals surface area contributed by atoms with Crippen LogP contribution in [-0.2, 0) is 13.7 Å². The Labute approximate surface area is 767 Å². The van der Waals surface area contributed by atoms with Crippen molar-refractivity contribution < 1.29 is 13.7 Å². The zero-order valence-electron chi connectivity index (χ0n) is 72.0. The van der Waals surface area contributed by atoms with Gasteiger partial charge in [0, 0.05) is 80.1 Å². The Morgan fingerprint density at radius 1 is 0.150 bits per heavy atom. The Morgan fingerprint density at radius 3 is 0.684 bits per heavy atom. The quantitative estimate of drug-likeness (QED) is 0.0842. The molecular formula is C121H81N6O3P3. The second-order valence-corrected chi connectivity index (χ2v) is 42.2. The molecule has 0 aliphatic heterocycles. The average molecular weight is 1760 g/mol. The summed E-state index contributed by atoms with van der Waals surface area (Å²) < 4.78 is 51.3. The second kappa shape index (κ2) is 33.1. The molecule has 628 valence electrons. The predicted octanol–water partition coefficient (Wildman–Crippen LogP) is 27.1. The van der Waals surface area contributed by atoms with Gasteiger partial charge in [-0.1, -0.05) is 406 Å². The van der Waals surface area contributed by atoms with Crippen molar-refractivity contribution in [2.45, 2.75) is 0 Å². The van der Waals surface area contributed by atoms with E-state index in [2.05, 4.69) is 274 Å². The van der Waals surface area contributed by atoms with Gasteiger partial charge in [0.05, 0.1) is 49.7 Å². The summed E-state index contributed by atoms with van der Waals surface area (Å²) in [5.74, 6) is 0. The second-order valence-electron chi connectivity index (χ2n) is 33.9. The fourth-order valence-electron chi connectivity index (χ4n) is 19.8. The molecular weight excluding hydrogens is 1680 g/mol. The molecule has 0 amide bonds. The van der Waals surface area contributed by atoms with Gasteiger partial charge in [-0.25, -0.2) is 15.0 Å². The highest BCUT2D eigenvalue weighted by molar-refractivity contribution is 7.86. The largest absolute Gasteiger partial charge is 0.309 e. The standard InChI is InChI=1S/C43H29N2OP.C41H27N2OP.C37H25N2OP/c46-47(34-11-3-1-4-12-34,35-13-5-2-6-14-35)36-26-23-31(24-27-36)30-19-21-32(22-20-30)33-25-28-37-38-15-7-9-17-41(38)45-42-18-10-8-16-40(42)44-43(45)39(37)29-33;44-45(32-11-3-1-4-12-32,33-13-5-2-6-14-33)34-23-21-29-25-28(19-20-30(29)26-34)31-22-24-35-36-15-7-9-17-39(36)43-40-18-10-8-16-38(40)42-41(43)37(35)27-31;40-41(28-11-3-1-4-12-28,29-13-5-2-6-14-29)30-22-19-26(20-23-30)27-21-24-31-32-15-7-9-17-35(32)39-36-18-10-8-16-34(36)38-37(39)33(31)25-27/h1-29H;1-27H;1-25H. The normalized spacial score (nSPS) is 12.0. The monoisotopic (exact) mass is 1760 g/mol. The van der Waals surface area contributed by atoms with E-state index in [0.717, 1.165) is 186 Å². The summed E-state index contributed by atoms with van der Waals surface area (Å²) in [6.07, 6.45) is 0. The van der Waals surface area contributed by atoms with Crippen molar-refractivity contribution >= 4 is 195 Å². The van der Waals surface area contributed by atoms with Crippen LogP contribution >= 0.6 is 21.4 Å². The Bertz CT molecular complexity index is 9090. The molecule has 6 heterocycles. The van der Waals surface area contributed by atoms with E-state index in [1.165, 1.54) is 32.3 Å². The number of hydrogen-bond donors (Lipinski definition) is 0. The number of hydrogen-bond acceptors (Lipinski definition) is 6. The molecule has 20 aromatic carbocycles. The molecule has 26 aromatic rings. The van der Waals surface area contributed by atoms with Crippen LogP contribution in [0.1, 0.15) is 0 Å². The van der Waals surface area contributed by atoms with E-state index in [1.807, 2.05) is 231 Å². The minimum atomic E-state index is -3.04. The lowest BCUT2D eigenvalue weighted by Crippen LogP contribution is -2.24. The van der Waals surface area contributed by atoms with Crippen LogP contribution in [0.3, 0.4) is 0 Å². The van der Waals surface area contributed by atoms with Gasteiger partial charge >= 0.3 is 0 Å². The van der Waals surface area contributed by atoms with Gasteiger partial charge in [-0.2, -0.15) is 0 Å². The smallest absolute Gasteiger partial charge is 0.171 e. The minimum Gasteiger partial charge on any atom is -0.309 e. The third-order valence-electron chi connectivity index (χ3n) is 26.4. The number of benzene rings is 20. The zero-order chi connectivity index (χ0) is 88.7. The molecule has 0 saturated carbocycles. The first-order chi connectivity index (χ1) is 65.6. The third kappa shape index (κ3) is 13.7. The molecule has 26 rings (SSSR count). The fraction of sp³-hybridized carbons (Fsp3) is 0. The van der Waals surface area contributed by atoms with Crippen LogP contribution in [0.2, 0.25) is 0 Å². The van der Waals surface area contributed by atoms with E-state index in [9.17, 15) is 13.7 Å².